The van der Waals surface area contributed by atoms with Crippen molar-refractivity contribution < 1.29 is 32.2 Å². The molecule has 0 aromatic heterocycles. The Labute approximate surface area is 166 Å². The third-order valence-electron chi connectivity index (χ3n) is 4.34. The van der Waals surface area contributed by atoms with E-state index in [1.165, 1.54) is 11.9 Å². The van der Waals surface area contributed by atoms with E-state index >= 15 is 0 Å². The molecule has 1 aromatic rings. The summed E-state index contributed by atoms with van der Waals surface area (Å²) in [6, 6.07) is 8.45. The molecule has 29 heavy (non-hydrogen) atoms. The van der Waals surface area contributed by atoms with Gasteiger partial charge in [0.1, 0.15) is 6.61 Å². The summed E-state index contributed by atoms with van der Waals surface area (Å²) in [4.78, 5) is 26.5. The van der Waals surface area contributed by atoms with Crippen molar-refractivity contribution in [3.63, 3.8) is 0 Å². The SMILES string of the molecule is CCOC(=O)C(NC(=O)OCc1ccccc1)(NN1CCN(C)CC1)C(F)(F)F. The van der Waals surface area contributed by atoms with Crippen molar-refractivity contribution in [1.82, 2.24) is 20.7 Å². The van der Waals surface area contributed by atoms with Gasteiger partial charge < -0.3 is 14.4 Å². The minimum absolute atomic E-state index is 0.217. The fourth-order valence-corrected chi connectivity index (χ4v) is 2.68. The Morgan fingerprint density at radius 1 is 1.07 bits per heavy atom. The van der Waals surface area contributed by atoms with Crippen LogP contribution in [0.2, 0.25) is 0 Å². The number of rotatable bonds is 7. The Hall–Kier alpha value is -2.37. The van der Waals surface area contributed by atoms with Crippen LogP contribution >= 0.6 is 0 Å². The van der Waals surface area contributed by atoms with Crippen molar-refractivity contribution in [2.45, 2.75) is 25.4 Å². The summed E-state index contributed by atoms with van der Waals surface area (Å²) in [7, 11) is 1.83. The summed E-state index contributed by atoms with van der Waals surface area (Å²) < 4.78 is 51.6. The van der Waals surface area contributed by atoms with Crippen molar-refractivity contribution in [2.24, 2.45) is 0 Å². The van der Waals surface area contributed by atoms with Gasteiger partial charge in [-0.05, 0) is 19.5 Å². The minimum atomic E-state index is -5.19. The quantitative estimate of drug-likeness (QED) is 0.513. The van der Waals surface area contributed by atoms with E-state index in [2.05, 4.69) is 10.2 Å². The topological polar surface area (TPSA) is 83.1 Å². The standard InChI is InChI=1S/C18H25F3N4O4/c1-3-28-15(26)17(18(19,20)21,23-25-11-9-24(2)10-12-25)22-16(27)29-13-14-7-5-4-6-8-14/h4-8,23H,3,9-13H2,1-2H3,(H,22,27). The summed E-state index contributed by atoms with van der Waals surface area (Å²) in [6.07, 6.45) is -6.59. The number of nitrogens with one attached hydrogen (secondary N) is 2. The highest BCUT2D eigenvalue weighted by Gasteiger charge is 2.64. The largest absolute Gasteiger partial charge is 0.463 e. The molecular weight excluding hydrogens is 393 g/mol. The van der Waals surface area contributed by atoms with Crippen LogP contribution in [-0.2, 0) is 20.9 Å². The number of halogens is 3. The molecule has 11 heteroatoms. The van der Waals surface area contributed by atoms with Crippen LogP contribution in [0.4, 0.5) is 18.0 Å². The fraction of sp³-hybridized carbons (Fsp3) is 0.556. The summed E-state index contributed by atoms with van der Waals surface area (Å²) >= 11 is 0. The molecule has 1 aliphatic heterocycles. The third-order valence-corrected chi connectivity index (χ3v) is 4.34. The number of ether oxygens (including phenoxy) is 2. The van der Waals surface area contributed by atoms with Gasteiger partial charge in [0, 0.05) is 26.2 Å². The molecule has 0 aliphatic carbocycles. The van der Waals surface area contributed by atoms with Gasteiger partial charge in [0.25, 0.3) is 0 Å². The molecule has 0 radical (unpaired) electrons. The number of alkyl carbamates (subject to hydrolysis) is 1. The lowest BCUT2D eigenvalue weighted by atomic mass is 10.1. The second kappa shape index (κ2) is 9.90. The molecule has 1 atom stereocenters. The second-order valence-electron chi connectivity index (χ2n) is 6.56. The van der Waals surface area contributed by atoms with E-state index in [1.807, 2.05) is 11.9 Å². The molecular formula is C18H25F3N4O4. The number of hydrazine groups is 1. The number of likely N-dealkylation sites (N-methyl/N-ethyl adjacent to an activating group) is 1. The second-order valence-corrected chi connectivity index (χ2v) is 6.56. The predicted octanol–water partition coefficient (Wildman–Crippen LogP) is 1.49. The van der Waals surface area contributed by atoms with E-state index in [9.17, 15) is 22.8 Å². The third kappa shape index (κ3) is 6.05. The molecule has 162 valence electrons. The lowest BCUT2D eigenvalue weighted by Gasteiger charge is -2.41. The molecule has 1 saturated heterocycles. The predicted molar refractivity (Wildman–Crippen MR) is 97.4 cm³/mol. The van der Waals surface area contributed by atoms with Gasteiger partial charge in [-0.25, -0.2) is 20.0 Å². The maximum atomic E-state index is 14.0. The maximum Gasteiger partial charge on any atom is 0.437 e. The van der Waals surface area contributed by atoms with Gasteiger partial charge in [0.05, 0.1) is 6.61 Å². The maximum absolute atomic E-state index is 14.0. The van der Waals surface area contributed by atoms with Gasteiger partial charge in [-0.2, -0.15) is 13.2 Å². The van der Waals surface area contributed by atoms with E-state index in [0.717, 1.165) is 0 Å². The average molecular weight is 418 g/mol. The van der Waals surface area contributed by atoms with Gasteiger partial charge in [-0.1, -0.05) is 30.3 Å². The Morgan fingerprint density at radius 3 is 2.24 bits per heavy atom. The number of carbonyl (C=O) groups is 2. The number of hydrogen-bond donors (Lipinski definition) is 2. The van der Waals surface area contributed by atoms with Crippen molar-refractivity contribution in [3.8, 4) is 0 Å². The average Bonchev–Trinajstić information content (AvgIpc) is 2.67. The minimum Gasteiger partial charge on any atom is -0.463 e. The summed E-state index contributed by atoms with van der Waals surface area (Å²) in [5.74, 6) is -1.66. The zero-order valence-electron chi connectivity index (χ0n) is 16.3. The zero-order valence-corrected chi connectivity index (χ0v) is 16.3. The number of esters is 1. The Morgan fingerprint density at radius 2 is 1.69 bits per heavy atom. The number of benzene rings is 1. The van der Waals surface area contributed by atoms with Crippen molar-refractivity contribution in [1.29, 1.82) is 0 Å². The van der Waals surface area contributed by atoms with Crippen LogP contribution < -0.4 is 10.7 Å². The molecule has 1 amide bonds. The van der Waals surface area contributed by atoms with Crippen LogP contribution in [0.1, 0.15) is 12.5 Å². The van der Waals surface area contributed by atoms with Crippen molar-refractivity contribution in [3.05, 3.63) is 35.9 Å². The highest BCUT2D eigenvalue weighted by molar-refractivity contribution is 5.86. The summed E-state index contributed by atoms with van der Waals surface area (Å²) in [5.41, 5.74) is -0.740. The Bertz CT molecular complexity index is 681. The van der Waals surface area contributed by atoms with E-state index < -0.39 is 23.9 Å². The smallest absolute Gasteiger partial charge is 0.437 e. The van der Waals surface area contributed by atoms with E-state index in [-0.39, 0.29) is 26.3 Å². The summed E-state index contributed by atoms with van der Waals surface area (Å²) in [5, 5.41) is 2.89. The van der Waals surface area contributed by atoms with Crippen LogP contribution in [0.3, 0.4) is 0 Å². The van der Waals surface area contributed by atoms with Crippen LogP contribution in [0.15, 0.2) is 30.3 Å². The number of alkyl halides is 3. The molecule has 0 bridgehead atoms. The number of carbonyl (C=O) groups excluding carboxylic acids is 2. The zero-order chi connectivity index (χ0) is 21.5. The Kier molecular flexibility index (Phi) is 7.82. The highest BCUT2D eigenvalue weighted by Crippen LogP contribution is 2.30. The van der Waals surface area contributed by atoms with E-state index in [1.54, 1.807) is 35.6 Å². The Balaban J connectivity index is 2.19. The molecule has 1 unspecified atom stereocenters. The normalized spacial score (nSPS) is 18.0. The first-order chi connectivity index (χ1) is 13.7. The van der Waals surface area contributed by atoms with Crippen molar-refractivity contribution >= 4 is 12.1 Å². The first-order valence-electron chi connectivity index (χ1n) is 9.12. The number of piperazine rings is 1. The van der Waals surface area contributed by atoms with E-state index in [0.29, 0.717) is 18.7 Å². The van der Waals surface area contributed by atoms with Crippen LogP contribution in [0.25, 0.3) is 0 Å². The summed E-state index contributed by atoms with van der Waals surface area (Å²) in [6.45, 7) is 2.25. The number of amides is 1. The fourth-order valence-electron chi connectivity index (χ4n) is 2.68. The molecule has 8 nitrogen and oxygen atoms in total. The first kappa shape index (κ1) is 22.9. The molecule has 2 N–H and O–H groups in total. The van der Waals surface area contributed by atoms with Crippen molar-refractivity contribution in [2.75, 3.05) is 39.8 Å². The van der Waals surface area contributed by atoms with Crippen LogP contribution in [0.5, 0.6) is 0 Å². The molecule has 1 aromatic carbocycles. The number of nitrogens with zero attached hydrogens (tertiary/aromatic N) is 2. The molecule has 0 spiro atoms. The van der Waals surface area contributed by atoms with Gasteiger partial charge in [-0.3, -0.25) is 5.32 Å². The van der Waals surface area contributed by atoms with E-state index in [4.69, 9.17) is 4.74 Å². The molecule has 2 rings (SSSR count). The van der Waals surface area contributed by atoms with Gasteiger partial charge >= 0.3 is 23.9 Å². The van der Waals surface area contributed by atoms with Crippen LogP contribution in [-0.4, -0.2) is 73.6 Å². The lowest BCUT2D eigenvalue weighted by Crippen LogP contribution is -2.76. The number of hydrogen-bond acceptors (Lipinski definition) is 7. The monoisotopic (exact) mass is 418 g/mol. The lowest BCUT2D eigenvalue weighted by molar-refractivity contribution is -0.231. The molecule has 1 fully saturated rings. The molecule has 0 saturated carbocycles. The molecule has 1 heterocycles. The first-order valence-corrected chi connectivity index (χ1v) is 9.12. The van der Waals surface area contributed by atoms with Gasteiger partial charge in [-0.15, -0.1) is 0 Å². The van der Waals surface area contributed by atoms with Gasteiger partial charge in [0.15, 0.2) is 0 Å². The van der Waals surface area contributed by atoms with Crippen LogP contribution in [0, 0.1) is 0 Å². The van der Waals surface area contributed by atoms with Gasteiger partial charge in [0.2, 0.25) is 0 Å². The molecule has 1 aliphatic rings. The highest BCUT2D eigenvalue weighted by atomic mass is 19.4.